The molecule has 90 valence electrons. The van der Waals surface area contributed by atoms with Crippen molar-refractivity contribution in [3.8, 4) is 0 Å². The Balaban J connectivity index is 2.19. The molecule has 0 saturated carbocycles. The van der Waals surface area contributed by atoms with Gasteiger partial charge in [-0.3, -0.25) is 14.5 Å². The summed E-state index contributed by atoms with van der Waals surface area (Å²) in [6, 6.07) is 0. The molecule has 0 aromatic carbocycles. The lowest BCUT2D eigenvalue weighted by Crippen LogP contribution is -2.15. The van der Waals surface area contributed by atoms with Gasteiger partial charge in [-0.05, 0) is 6.92 Å². The second-order valence-corrected chi connectivity index (χ2v) is 3.74. The molecule has 0 unspecified atom stereocenters. The molecule has 0 saturated heterocycles. The molecule has 0 amide bonds. The maximum Gasteiger partial charge on any atom is 0.285 e. The highest BCUT2D eigenvalue weighted by Crippen LogP contribution is 2.16. The van der Waals surface area contributed by atoms with Crippen molar-refractivity contribution < 1.29 is 4.79 Å². The van der Waals surface area contributed by atoms with Crippen molar-refractivity contribution in [3.05, 3.63) is 30.1 Å². The molecule has 3 aromatic rings. The molecule has 0 aliphatic heterocycles. The maximum atomic E-state index is 12.1. The summed E-state index contributed by atoms with van der Waals surface area (Å²) in [5.74, 6) is -0.315. The van der Waals surface area contributed by atoms with E-state index in [0.29, 0.717) is 16.9 Å². The number of aromatic nitrogens is 6. The van der Waals surface area contributed by atoms with Gasteiger partial charge in [0.15, 0.2) is 17.2 Å². The third kappa shape index (κ3) is 1.43. The summed E-state index contributed by atoms with van der Waals surface area (Å²) in [5.41, 5.74) is 7.48. The molecule has 3 heterocycles. The number of anilines is 1. The average Bonchev–Trinajstić information content (AvgIpc) is 2.98. The largest absolute Gasteiger partial charge is 0.382 e. The summed E-state index contributed by atoms with van der Waals surface area (Å²) >= 11 is 0. The Kier molecular flexibility index (Phi) is 2.09. The number of rotatable bonds is 1. The van der Waals surface area contributed by atoms with Gasteiger partial charge in [0, 0.05) is 12.4 Å². The van der Waals surface area contributed by atoms with Gasteiger partial charge in [-0.15, -0.1) is 0 Å². The quantitative estimate of drug-likeness (QED) is 0.627. The fourth-order valence-corrected chi connectivity index (χ4v) is 1.63. The zero-order chi connectivity index (χ0) is 12.7. The zero-order valence-corrected chi connectivity index (χ0v) is 9.45. The molecule has 0 atom stereocenters. The van der Waals surface area contributed by atoms with Gasteiger partial charge in [0.25, 0.3) is 5.91 Å². The number of carbonyl (C=O) groups excluding carboxylic acids is 1. The molecule has 3 aromatic heterocycles. The molecule has 18 heavy (non-hydrogen) atoms. The van der Waals surface area contributed by atoms with Crippen LogP contribution in [0.5, 0.6) is 0 Å². The van der Waals surface area contributed by atoms with Crippen LogP contribution in [0.4, 0.5) is 5.82 Å². The predicted molar refractivity (Wildman–Crippen MR) is 62.8 cm³/mol. The van der Waals surface area contributed by atoms with E-state index in [1.54, 1.807) is 6.92 Å². The number of H-pyrrole nitrogens is 1. The summed E-state index contributed by atoms with van der Waals surface area (Å²) in [7, 11) is 0. The van der Waals surface area contributed by atoms with Crippen molar-refractivity contribution in [2.75, 3.05) is 5.73 Å². The normalized spacial score (nSPS) is 10.9. The highest BCUT2D eigenvalue weighted by atomic mass is 16.2. The minimum Gasteiger partial charge on any atom is -0.382 e. The smallest absolute Gasteiger partial charge is 0.285 e. The minimum absolute atomic E-state index is 0.0600. The summed E-state index contributed by atoms with van der Waals surface area (Å²) in [4.78, 5) is 24.2. The first kappa shape index (κ1) is 10.4. The van der Waals surface area contributed by atoms with Crippen molar-refractivity contribution in [2.24, 2.45) is 0 Å². The highest BCUT2D eigenvalue weighted by Gasteiger charge is 2.17. The molecular weight excluding hydrogens is 234 g/mol. The monoisotopic (exact) mass is 243 g/mol. The van der Waals surface area contributed by atoms with Crippen LogP contribution in [0, 0.1) is 6.92 Å². The molecule has 0 aliphatic rings. The molecule has 0 spiro atoms. The molecule has 0 fully saturated rings. The predicted octanol–water partition coefficient (Wildman–Crippen LogP) is 0.129. The van der Waals surface area contributed by atoms with Crippen LogP contribution in [-0.4, -0.2) is 35.6 Å². The Morgan fingerprint density at radius 3 is 3.00 bits per heavy atom. The van der Waals surface area contributed by atoms with Crippen molar-refractivity contribution in [2.45, 2.75) is 6.92 Å². The van der Waals surface area contributed by atoms with Gasteiger partial charge in [-0.2, -0.15) is 5.10 Å². The van der Waals surface area contributed by atoms with Crippen LogP contribution in [0.3, 0.4) is 0 Å². The molecule has 3 N–H and O–H groups in total. The van der Waals surface area contributed by atoms with Gasteiger partial charge < -0.3 is 5.73 Å². The van der Waals surface area contributed by atoms with Crippen molar-refractivity contribution in [1.29, 1.82) is 0 Å². The number of nitrogens with zero attached hydrogens (tertiary/aromatic N) is 5. The van der Waals surface area contributed by atoms with Crippen LogP contribution in [-0.2, 0) is 0 Å². The zero-order valence-electron chi connectivity index (χ0n) is 9.45. The maximum absolute atomic E-state index is 12.1. The molecule has 0 radical (unpaired) electrons. The van der Waals surface area contributed by atoms with E-state index in [4.69, 9.17) is 5.73 Å². The van der Waals surface area contributed by atoms with Gasteiger partial charge in [-0.25, -0.2) is 15.0 Å². The Morgan fingerprint density at radius 2 is 2.28 bits per heavy atom. The van der Waals surface area contributed by atoms with E-state index in [1.165, 1.54) is 23.3 Å². The second kappa shape index (κ2) is 3.62. The van der Waals surface area contributed by atoms with Gasteiger partial charge >= 0.3 is 0 Å². The number of aryl methyl sites for hydroxylation is 1. The van der Waals surface area contributed by atoms with Crippen LogP contribution in [0.1, 0.15) is 16.2 Å². The Labute approximate surface area is 101 Å². The highest BCUT2D eigenvalue weighted by molar-refractivity contribution is 5.99. The Hall–Kier alpha value is -2.77. The number of imidazole rings is 1. The van der Waals surface area contributed by atoms with E-state index >= 15 is 0 Å². The standard InChI is InChI=1S/C10H9N7O/c1-5-6-9(16-15-5)14-8(11)7(13-6)10(18)17-3-2-12-4-17/h2-4H,1H3,(H3,11,14,15,16). The minimum atomic E-state index is -0.375. The summed E-state index contributed by atoms with van der Waals surface area (Å²) in [5, 5.41) is 6.66. The number of fused-ring (bicyclic) bond motifs is 1. The Morgan fingerprint density at radius 1 is 1.44 bits per heavy atom. The first-order valence-corrected chi connectivity index (χ1v) is 5.17. The average molecular weight is 243 g/mol. The van der Waals surface area contributed by atoms with Crippen LogP contribution < -0.4 is 5.73 Å². The van der Waals surface area contributed by atoms with Crippen molar-refractivity contribution >= 4 is 22.9 Å². The third-order valence-corrected chi connectivity index (χ3v) is 2.54. The number of hydrogen-bond donors (Lipinski definition) is 2. The Bertz CT molecular complexity index is 728. The van der Waals surface area contributed by atoms with E-state index in [1.807, 2.05) is 0 Å². The first-order valence-electron chi connectivity index (χ1n) is 5.17. The van der Waals surface area contributed by atoms with E-state index in [0.717, 1.165) is 0 Å². The van der Waals surface area contributed by atoms with Crippen molar-refractivity contribution in [3.63, 3.8) is 0 Å². The molecule has 8 heteroatoms. The number of aromatic amines is 1. The lowest BCUT2D eigenvalue weighted by Gasteiger charge is -2.03. The lowest BCUT2D eigenvalue weighted by molar-refractivity contribution is 0.0956. The number of hydrogen-bond acceptors (Lipinski definition) is 6. The van der Waals surface area contributed by atoms with E-state index in [-0.39, 0.29) is 17.4 Å². The molecule has 0 aliphatic carbocycles. The summed E-state index contributed by atoms with van der Waals surface area (Å²) in [6.45, 7) is 1.77. The van der Waals surface area contributed by atoms with E-state index < -0.39 is 0 Å². The van der Waals surface area contributed by atoms with Gasteiger partial charge in [0.1, 0.15) is 11.8 Å². The molecular formula is C10H9N7O. The molecule has 3 rings (SSSR count). The van der Waals surface area contributed by atoms with E-state index in [2.05, 4.69) is 25.1 Å². The number of carbonyl (C=O) groups is 1. The molecule has 8 nitrogen and oxygen atoms in total. The lowest BCUT2D eigenvalue weighted by atomic mass is 10.3. The fraction of sp³-hybridized carbons (Fsp3) is 0.100. The SMILES string of the molecule is Cc1n[nH]c2nc(N)c(C(=O)n3ccnc3)nc12. The topological polar surface area (TPSA) is 115 Å². The summed E-state index contributed by atoms with van der Waals surface area (Å²) in [6.07, 6.45) is 4.41. The first-order chi connectivity index (χ1) is 8.66. The third-order valence-electron chi connectivity index (χ3n) is 2.54. The van der Waals surface area contributed by atoms with Crippen LogP contribution in [0.2, 0.25) is 0 Å². The second-order valence-electron chi connectivity index (χ2n) is 3.74. The number of nitrogen functional groups attached to an aromatic ring is 1. The molecule has 0 bridgehead atoms. The number of nitrogens with two attached hydrogens (primary N) is 1. The van der Waals surface area contributed by atoms with Gasteiger partial charge in [0.2, 0.25) is 0 Å². The van der Waals surface area contributed by atoms with Crippen LogP contribution in [0.15, 0.2) is 18.7 Å². The number of nitrogens with one attached hydrogen (secondary N) is 1. The van der Waals surface area contributed by atoms with E-state index in [9.17, 15) is 4.79 Å². The fourth-order valence-electron chi connectivity index (χ4n) is 1.63. The van der Waals surface area contributed by atoms with Crippen LogP contribution in [0.25, 0.3) is 11.2 Å². The van der Waals surface area contributed by atoms with Gasteiger partial charge in [-0.1, -0.05) is 0 Å². The van der Waals surface area contributed by atoms with Gasteiger partial charge in [0.05, 0.1) is 5.69 Å². The van der Waals surface area contributed by atoms with Crippen LogP contribution >= 0.6 is 0 Å². The summed E-state index contributed by atoms with van der Waals surface area (Å²) < 4.78 is 1.29. The van der Waals surface area contributed by atoms with Crippen molar-refractivity contribution in [1.82, 2.24) is 29.7 Å².